The summed E-state index contributed by atoms with van der Waals surface area (Å²) in [6.07, 6.45) is 9.64. The number of nitrogens with zero attached hydrogens (tertiary/aromatic N) is 3. The molecule has 2 aromatic rings. The average Bonchev–Trinajstić information content (AvgIpc) is 2.99. The van der Waals surface area contributed by atoms with Crippen LogP contribution in [0.2, 0.25) is 5.02 Å². The van der Waals surface area contributed by atoms with E-state index in [9.17, 15) is 4.79 Å². The molecule has 148 valence electrons. The van der Waals surface area contributed by atoms with E-state index < -0.39 is 0 Å². The molecule has 2 rings (SSSR count). The number of anilines is 1. The Morgan fingerprint density at radius 3 is 2.46 bits per heavy atom. The zero-order valence-corrected chi connectivity index (χ0v) is 18.5. The van der Waals surface area contributed by atoms with Crippen molar-refractivity contribution >= 4 is 58.8 Å². The standard InChI is InChI=1S/C22H26ClN3OS/c1-6-8-9-19(25(4)5)21-20(7-2)28-16(3)22(21)24-14-26(15-27)18-12-10-17(23)11-13-18/h7-15H,6H2,1-5H3/b9-8+,20-7+,21-19-,24-14?. The zero-order chi connectivity index (χ0) is 20.7. The molecule has 1 amide bonds. The third-order valence-corrected chi connectivity index (χ3v) is 5.55. The molecular weight excluding hydrogens is 390 g/mol. The van der Waals surface area contributed by atoms with Gasteiger partial charge in [0.15, 0.2) is 0 Å². The number of benzene rings is 1. The minimum atomic E-state index is 0.624. The number of thiophene rings is 1. The summed E-state index contributed by atoms with van der Waals surface area (Å²) in [6.45, 7) is 6.20. The Bertz CT molecular complexity index is 988. The number of likely N-dealkylation sites (N-methyl/N-ethyl adjacent to an activating group) is 1. The van der Waals surface area contributed by atoms with E-state index in [1.807, 2.05) is 21.0 Å². The second-order valence-electron chi connectivity index (χ2n) is 6.36. The van der Waals surface area contributed by atoms with E-state index in [1.165, 1.54) is 9.43 Å². The third kappa shape index (κ3) is 5.12. The van der Waals surface area contributed by atoms with Gasteiger partial charge in [0.05, 0.1) is 5.69 Å². The van der Waals surface area contributed by atoms with Crippen LogP contribution in [0.5, 0.6) is 0 Å². The summed E-state index contributed by atoms with van der Waals surface area (Å²) < 4.78 is 1.17. The van der Waals surface area contributed by atoms with Gasteiger partial charge in [-0.2, -0.15) is 0 Å². The second-order valence-corrected chi connectivity index (χ2v) is 8.05. The average molecular weight is 416 g/mol. The molecular formula is C22H26ClN3OS. The highest BCUT2D eigenvalue weighted by Gasteiger charge is 2.10. The number of allylic oxidation sites excluding steroid dienone is 1. The molecule has 0 N–H and O–H groups in total. The van der Waals surface area contributed by atoms with Crippen LogP contribution in [-0.2, 0) is 4.79 Å². The van der Waals surface area contributed by atoms with E-state index in [2.05, 4.69) is 37.0 Å². The van der Waals surface area contributed by atoms with Gasteiger partial charge < -0.3 is 4.90 Å². The Morgan fingerprint density at radius 2 is 1.93 bits per heavy atom. The quantitative estimate of drug-likeness (QED) is 0.380. The molecule has 1 aromatic carbocycles. The van der Waals surface area contributed by atoms with E-state index in [1.54, 1.807) is 41.9 Å². The molecule has 0 spiro atoms. The van der Waals surface area contributed by atoms with Crippen LogP contribution in [-0.4, -0.2) is 31.7 Å². The van der Waals surface area contributed by atoms with Gasteiger partial charge >= 0.3 is 0 Å². The van der Waals surface area contributed by atoms with Crippen molar-refractivity contribution in [2.75, 3.05) is 19.0 Å². The van der Waals surface area contributed by atoms with E-state index >= 15 is 0 Å². The van der Waals surface area contributed by atoms with Gasteiger partial charge in [-0.1, -0.05) is 30.7 Å². The van der Waals surface area contributed by atoms with E-state index in [0.717, 1.165) is 34.3 Å². The van der Waals surface area contributed by atoms with Crippen LogP contribution < -0.4 is 14.7 Å². The van der Waals surface area contributed by atoms with E-state index in [0.29, 0.717) is 10.7 Å². The summed E-state index contributed by atoms with van der Waals surface area (Å²) in [5.74, 6) is 0. The number of carbonyl (C=O) groups is 1. The first-order valence-electron chi connectivity index (χ1n) is 9.10. The summed E-state index contributed by atoms with van der Waals surface area (Å²) in [4.78, 5) is 20.9. The topological polar surface area (TPSA) is 35.9 Å². The van der Waals surface area contributed by atoms with Crippen molar-refractivity contribution in [3.8, 4) is 0 Å². The van der Waals surface area contributed by atoms with Crippen molar-refractivity contribution in [3.63, 3.8) is 0 Å². The Kier molecular flexibility index (Phi) is 8.03. The Balaban J connectivity index is 2.64. The van der Waals surface area contributed by atoms with Crippen molar-refractivity contribution in [3.05, 3.63) is 56.1 Å². The van der Waals surface area contributed by atoms with Crippen molar-refractivity contribution in [1.82, 2.24) is 4.90 Å². The summed E-state index contributed by atoms with van der Waals surface area (Å²) in [5.41, 5.74) is 2.68. The highest BCUT2D eigenvalue weighted by molar-refractivity contribution is 7.10. The fourth-order valence-electron chi connectivity index (χ4n) is 2.74. The fraction of sp³-hybridized carbons (Fsp3) is 0.273. The molecule has 0 aliphatic heterocycles. The second kappa shape index (κ2) is 10.2. The SMILES string of the molecule is C/C=c1/sc(C)c(N=CN(C=O)c2ccc(Cl)cc2)/c1=C(/C=C/CC)N(C)C. The lowest BCUT2D eigenvalue weighted by Gasteiger charge is -2.14. The van der Waals surface area contributed by atoms with Gasteiger partial charge in [-0.15, -0.1) is 11.3 Å². The number of halogens is 1. The maximum absolute atomic E-state index is 11.6. The maximum Gasteiger partial charge on any atom is 0.219 e. The van der Waals surface area contributed by atoms with Gasteiger partial charge in [0.25, 0.3) is 0 Å². The zero-order valence-electron chi connectivity index (χ0n) is 16.9. The molecule has 0 radical (unpaired) electrons. The molecule has 0 saturated carbocycles. The molecule has 1 aromatic heterocycles. The van der Waals surface area contributed by atoms with Crippen LogP contribution in [0.4, 0.5) is 11.4 Å². The number of amides is 1. The molecule has 6 heteroatoms. The summed E-state index contributed by atoms with van der Waals surface area (Å²) in [7, 11) is 4.06. The number of aryl methyl sites for hydroxylation is 1. The predicted octanol–water partition coefficient (Wildman–Crippen LogP) is 4.47. The van der Waals surface area contributed by atoms with Gasteiger partial charge in [-0.3, -0.25) is 9.69 Å². The van der Waals surface area contributed by atoms with Gasteiger partial charge in [0.2, 0.25) is 6.41 Å². The molecule has 0 fully saturated rings. The monoisotopic (exact) mass is 415 g/mol. The van der Waals surface area contributed by atoms with Crippen LogP contribution >= 0.6 is 22.9 Å². The molecule has 4 nitrogen and oxygen atoms in total. The normalized spacial score (nSPS) is 13.4. The number of rotatable bonds is 7. The molecule has 0 saturated heterocycles. The lowest BCUT2D eigenvalue weighted by molar-refractivity contribution is -0.106. The third-order valence-electron chi connectivity index (χ3n) is 4.14. The minimum absolute atomic E-state index is 0.624. The van der Waals surface area contributed by atoms with Crippen molar-refractivity contribution in [2.24, 2.45) is 4.99 Å². The summed E-state index contributed by atoms with van der Waals surface area (Å²) in [5, 5.41) is 1.71. The molecule has 0 atom stereocenters. The maximum atomic E-state index is 11.6. The molecule has 0 bridgehead atoms. The highest BCUT2D eigenvalue weighted by atomic mass is 35.5. The van der Waals surface area contributed by atoms with Crippen molar-refractivity contribution in [1.29, 1.82) is 0 Å². The molecule has 0 aliphatic carbocycles. The van der Waals surface area contributed by atoms with Crippen molar-refractivity contribution in [2.45, 2.75) is 27.2 Å². The van der Waals surface area contributed by atoms with Gasteiger partial charge in [0, 0.05) is 45.1 Å². The Labute approximate surface area is 175 Å². The summed E-state index contributed by atoms with van der Waals surface area (Å²) >= 11 is 7.64. The van der Waals surface area contributed by atoms with Crippen LogP contribution in [0, 0.1) is 6.92 Å². The fourth-order valence-corrected chi connectivity index (χ4v) is 3.87. The van der Waals surface area contributed by atoms with Gasteiger partial charge in [-0.25, -0.2) is 4.99 Å². The molecule has 0 unspecified atom stereocenters. The highest BCUT2D eigenvalue weighted by Crippen LogP contribution is 2.20. The first-order chi connectivity index (χ1) is 13.4. The first kappa shape index (κ1) is 21.9. The predicted molar refractivity (Wildman–Crippen MR) is 123 cm³/mol. The van der Waals surface area contributed by atoms with Crippen LogP contribution in [0.3, 0.4) is 0 Å². The summed E-state index contributed by atoms with van der Waals surface area (Å²) in [6, 6.07) is 7.08. The number of aliphatic imine (C=N–C) groups is 1. The largest absolute Gasteiger partial charge is 0.377 e. The smallest absolute Gasteiger partial charge is 0.219 e. The first-order valence-corrected chi connectivity index (χ1v) is 10.3. The van der Waals surface area contributed by atoms with E-state index in [-0.39, 0.29) is 0 Å². The van der Waals surface area contributed by atoms with E-state index in [4.69, 9.17) is 16.6 Å². The lowest BCUT2D eigenvalue weighted by atomic mass is 10.2. The lowest BCUT2D eigenvalue weighted by Crippen LogP contribution is -2.27. The molecule has 28 heavy (non-hydrogen) atoms. The number of hydrogen-bond acceptors (Lipinski definition) is 4. The van der Waals surface area contributed by atoms with Crippen LogP contribution in [0.15, 0.2) is 41.4 Å². The Morgan fingerprint density at radius 1 is 1.25 bits per heavy atom. The molecule has 1 heterocycles. The number of hydrogen-bond donors (Lipinski definition) is 0. The van der Waals surface area contributed by atoms with Gasteiger partial charge in [-0.05, 0) is 50.6 Å². The van der Waals surface area contributed by atoms with Crippen LogP contribution in [0.1, 0.15) is 25.1 Å². The Hall–Kier alpha value is -2.37. The number of carbonyl (C=O) groups excluding carboxylic acids is 1. The van der Waals surface area contributed by atoms with Gasteiger partial charge in [0.1, 0.15) is 6.34 Å². The molecule has 0 aliphatic rings. The van der Waals surface area contributed by atoms with Crippen LogP contribution in [0.25, 0.3) is 11.8 Å². The van der Waals surface area contributed by atoms with Crippen molar-refractivity contribution < 1.29 is 4.79 Å². The minimum Gasteiger partial charge on any atom is -0.377 e.